The third-order valence-corrected chi connectivity index (χ3v) is 5.05. The molecular formula is C13H18N2O3S. The van der Waals surface area contributed by atoms with Gasteiger partial charge in [-0.2, -0.15) is 11.8 Å². The second-order valence-electron chi connectivity index (χ2n) is 5.26. The molecule has 104 valence electrons. The molecular weight excluding hydrogens is 264 g/mol. The van der Waals surface area contributed by atoms with Gasteiger partial charge in [-0.1, -0.05) is 0 Å². The van der Waals surface area contributed by atoms with Crippen LogP contribution in [0.15, 0.2) is 0 Å². The van der Waals surface area contributed by atoms with Gasteiger partial charge >= 0.3 is 5.97 Å². The number of aromatic nitrogens is 2. The van der Waals surface area contributed by atoms with E-state index in [1.165, 1.54) is 0 Å². The zero-order chi connectivity index (χ0) is 13.4. The number of carbonyl (C=O) groups is 1. The largest absolute Gasteiger partial charge is 0.476 e. The topological polar surface area (TPSA) is 75.3 Å². The molecule has 6 heteroatoms. The summed E-state index contributed by atoms with van der Waals surface area (Å²) in [6, 6.07) is 0. The van der Waals surface area contributed by atoms with Crippen LogP contribution in [0.5, 0.6) is 0 Å². The molecule has 0 radical (unpaired) electrons. The first kappa shape index (κ1) is 13.0. The summed E-state index contributed by atoms with van der Waals surface area (Å²) in [5.74, 6) is 2.50. The maximum absolute atomic E-state index is 11.3. The maximum Gasteiger partial charge on any atom is 0.356 e. The number of hydrogen-bond acceptors (Lipinski definition) is 4. The van der Waals surface area contributed by atoms with Crippen LogP contribution in [0.4, 0.5) is 0 Å². The number of carboxylic acid groups (broad SMARTS) is 1. The minimum atomic E-state index is -0.948. The molecule has 1 saturated heterocycles. The molecule has 2 aliphatic heterocycles. The lowest BCUT2D eigenvalue weighted by Crippen LogP contribution is -2.27. The van der Waals surface area contributed by atoms with E-state index in [-0.39, 0.29) is 11.8 Å². The van der Waals surface area contributed by atoms with Crippen molar-refractivity contribution < 1.29 is 15.0 Å². The van der Waals surface area contributed by atoms with Gasteiger partial charge in [-0.3, -0.25) is 0 Å². The van der Waals surface area contributed by atoms with Gasteiger partial charge in [0, 0.05) is 5.92 Å². The SMILES string of the molecule is O=C(O)c1nc(C2CCSCC2)n2c1CCC(O)C2. The summed E-state index contributed by atoms with van der Waals surface area (Å²) in [6.45, 7) is 0.495. The number of aliphatic hydroxyl groups is 1. The van der Waals surface area contributed by atoms with Gasteiger partial charge < -0.3 is 14.8 Å². The summed E-state index contributed by atoms with van der Waals surface area (Å²) in [4.78, 5) is 15.7. The highest BCUT2D eigenvalue weighted by molar-refractivity contribution is 7.99. The molecule has 0 amide bonds. The van der Waals surface area contributed by atoms with E-state index in [0.29, 0.717) is 25.3 Å². The zero-order valence-corrected chi connectivity index (χ0v) is 11.5. The molecule has 1 aromatic rings. The van der Waals surface area contributed by atoms with Crippen molar-refractivity contribution in [2.45, 2.75) is 44.2 Å². The normalized spacial score (nSPS) is 24.2. The van der Waals surface area contributed by atoms with E-state index in [1.54, 1.807) is 0 Å². The third kappa shape index (κ3) is 2.39. The van der Waals surface area contributed by atoms with Crippen molar-refractivity contribution in [3.8, 4) is 0 Å². The van der Waals surface area contributed by atoms with Crippen molar-refractivity contribution in [3.63, 3.8) is 0 Å². The number of aliphatic hydroxyl groups excluding tert-OH is 1. The van der Waals surface area contributed by atoms with Gasteiger partial charge in [0.2, 0.25) is 0 Å². The Labute approximate surface area is 116 Å². The number of thioether (sulfide) groups is 1. The molecule has 3 heterocycles. The Bertz CT molecular complexity index is 494. The molecule has 0 aromatic carbocycles. The molecule has 0 spiro atoms. The molecule has 1 fully saturated rings. The van der Waals surface area contributed by atoms with Gasteiger partial charge in [-0.25, -0.2) is 9.78 Å². The highest BCUT2D eigenvalue weighted by Gasteiger charge is 2.30. The van der Waals surface area contributed by atoms with E-state index < -0.39 is 5.97 Å². The van der Waals surface area contributed by atoms with Gasteiger partial charge in [0.05, 0.1) is 18.3 Å². The Morgan fingerprint density at radius 2 is 2.05 bits per heavy atom. The zero-order valence-electron chi connectivity index (χ0n) is 10.7. The average molecular weight is 282 g/mol. The van der Waals surface area contributed by atoms with Crippen LogP contribution in [-0.4, -0.2) is 43.3 Å². The van der Waals surface area contributed by atoms with Crippen LogP contribution in [-0.2, 0) is 13.0 Å². The van der Waals surface area contributed by atoms with E-state index >= 15 is 0 Å². The van der Waals surface area contributed by atoms with E-state index in [1.807, 2.05) is 16.3 Å². The quantitative estimate of drug-likeness (QED) is 0.859. The van der Waals surface area contributed by atoms with Crippen LogP contribution in [0.2, 0.25) is 0 Å². The lowest BCUT2D eigenvalue weighted by molar-refractivity contribution is 0.0686. The maximum atomic E-state index is 11.3. The van der Waals surface area contributed by atoms with E-state index in [2.05, 4.69) is 4.98 Å². The summed E-state index contributed by atoms with van der Waals surface area (Å²) < 4.78 is 1.97. The van der Waals surface area contributed by atoms with E-state index in [4.69, 9.17) is 0 Å². The summed E-state index contributed by atoms with van der Waals surface area (Å²) in [7, 11) is 0. The van der Waals surface area contributed by atoms with E-state index in [9.17, 15) is 15.0 Å². The van der Waals surface area contributed by atoms with Gasteiger partial charge in [-0.05, 0) is 37.2 Å². The second kappa shape index (κ2) is 5.17. The fraction of sp³-hybridized carbons (Fsp3) is 0.692. The van der Waals surface area contributed by atoms with Crippen molar-refractivity contribution in [2.24, 2.45) is 0 Å². The van der Waals surface area contributed by atoms with Gasteiger partial charge in [0.1, 0.15) is 5.82 Å². The minimum Gasteiger partial charge on any atom is -0.476 e. The predicted molar refractivity (Wildman–Crippen MR) is 72.8 cm³/mol. The van der Waals surface area contributed by atoms with Gasteiger partial charge in [0.15, 0.2) is 5.69 Å². The van der Waals surface area contributed by atoms with Crippen molar-refractivity contribution >= 4 is 17.7 Å². The van der Waals surface area contributed by atoms with Crippen LogP contribution in [0.25, 0.3) is 0 Å². The number of fused-ring (bicyclic) bond motifs is 1. The smallest absolute Gasteiger partial charge is 0.356 e. The molecule has 5 nitrogen and oxygen atoms in total. The fourth-order valence-corrected chi connectivity index (χ4v) is 4.11. The van der Waals surface area contributed by atoms with Crippen LogP contribution >= 0.6 is 11.8 Å². The molecule has 19 heavy (non-hydrogen) atoms. The Morgan fingerprint density at radius 1 is 1.32 bits per heavy atom. The van der Waals surface area contributed by atoms with Crippen molar-refractivity contribution in [3.05, 3.63) is 17.2 Å². The number of aromatic carboxylic acids is 1. The number of carboxylic acids is 1. The van der Waals surface area contributed by atoms with Gasteiger partial charge in [0.25, 0.3) is 0 Å². The molecule has 0 bridgehead atoms. The number of rotatable bonds is 2. The first-order valence-electron chi connectivity index (χ1n) is 6.75. The van der Waals surface area contributed by atoms with Crippen molar-refractivity contribution in [1.29, 1.82) is 0 Å². The first-order valence-corrected chi connectivity index (χ1v) is 7.90. The lowest BCUT2D eigenvalue weighted by Gasteiger charge is -2.26. The highest BCUT2D eigenvalue weighted by atomic mass is 32.2. The predicted octanol–water partition coefficient (Wildman–Crippen LogP) is 1.50. The standard InChI is InChI=1S/C13H18N2O3S/c16-9-1-2-10-11(13(17)18)14-12(15(10)7-9)8-3-5-19-6-4-8/h8-9,16H,1-7H2,(H,17,18). The molecule has 2 aliphatic rings. The molecule has 2 N–H and O–H groups in total. The Kier molecular flexibility index (Phi) is 3.54. The molecule has 0 saturated carbocycles. The molecule has 1 aromatic heterocycles. The summed E-state index contributed by atoms with van der Waals surface area (Å²) >= 11 is 1.94. The fourth-order valence-electron chi connectivity index (χ4n) is 3.01. The third-order valence-electron chi connectivity index (χ3n) is 4.00. The summed E-state index contributed by atoms with van der Waals surface area (Å²) in [5.41, 5.74) is 0.992. The van der Waals surface area contributed by atoms with Crippen molar-refractivity contribution in [1.82, 2.24) is 9.55 Å². The number of nitrogens with zero attached hydrogens (tertiary/aromatic N) is 2. The summed E-state index contributed by atoms with van der Waals surface area (Å²) in [6.07, 6.45) is 2.97. The number of imidazole rings is 1. The van der Waals surface area contributed by atoms with Crippen LogP contribution < -0.4 is 0 Å². The molecule has 1 unspecified atom stereocenters. The van der Waals surface area contributed by atoms with Gasteiger partial charge in [-0.15, -0.1) is 0 Å². The Morgan fingerprint density at radius 3 is 2.74 bits per heavy atom. The van der Waals surface area contributed by atoms with Crippen LogP contribution in [0.3, 0.4) is 0 Å². The Hall–Kier alpha value is -1.01. The Balaban J connectivity index is 2.01. The minimum absolute atomic E-state index is 0.195. The van der Waals surface area contributed by atoms with Crippen LogP contribution in [0.1, 0.15) is 47.2 Å². The summed E-state index contributed by atoms with van der Waals surface area (Å²) in [5, 5.41) is 19.1. The van der Waals surface area contributed by atoms with E-state index in [0.717, 1.165) is 35.9 Å². The molecule has 3 rings (SSSR count). The molecule has 1 atom stereocenters. The highest BCUT2D eigenvalue weighted by Crippen LogP contribution is 2.34. The monoisotopic (exact) mass is 282 g/mol. The lowest BCUT2D eigenvalue weighted by atomic mass is 10.0. The second-order valence-corrected chi connectivity index (χ2v) is 6.48. The average Bonchev–Trinajstić information content (AvgIpc) is 2.78. The van der Waals surface area contributed by atoms with Crippen molar-refractivity contribution in [2.75, 3.05) is 11.5 Å². The number of hydrogen-bond donors (Lipinski definition) is 2. The van der Waals surface area contributed by atoms with Crippen LogP contribution in [0, 0.1) is 0 Å². The molecule has 0 aliphatic carbocycles. The first-order chi connectivity index (χ1) is 9.16.